The molecule has 0 fully saturated rings. The van der Waals surface area contributed by atoms with Crippen LogP contribution in [0.3, 0.4) is 0 Å². The topological polar surface area (TPSA) is 76.2 Å². The standard InChI is InChI=1S/C23H24N2O5/c1-13-18-12-20(30-4)19(29-3)11-15(18)9-10-24(13)21(26)14(2)25-22(27)16-7-5-6-8-17(16)23(25)28/h5-8,11-14H,9-10H2,1-4H3/t13?,14-/m0/s1. The van der Waals surface area contributed by atoms with E-state index in [1.54, 1.807) is 50.3 Å². The van der Waals surface area contributed by atoms with Crippen molar-refractivity contribution in [1.82, 2.24) is 9.80 Å². The van der Waals surface area contributed by atoms with Gasteiger partial charge in [0.05, 0.1) is 31.4 Å². The molecular formula is C23H24N2O5. The van der Waals surface area contributed by atoms with Crippen molar-refractivity contribution in [2.45, 2.75) is 32.4 Å². The maximum atomic E-state index is 13.3. The molecule has 2 aromatic rings. The zero-order chi connectivity index (χ0) is 21.6. The predicted molar refractivity (Wildman–Crippen MR) is 110 cm³/mol. The van der Waals surface area contributed by atoms with Gasteiger partial charge in [-0.25, -0.2) is 0 Å². The van der Waals surface area contributed by atoms with Crippen molar-refractivity contribution in [2.24, 2.45) is 0 Å². The first kappa shape index (κ1) is 19.9. The third kappa shape index (κ3) is 2.93. The summed E-state index contributed by atoms with van der Waals surface area (Å²) in [5.41, 5.74) is 2.76. The highest BCUT2D eigenvalue weighted by atomic mass is 16.5. The van der Waals surface area contributed by atoms with Gasteiger partial charge in [-0.05, 0) is 55.7 Å². The van der Waals surface area contributed by atoms with Crippen LogP contribution >= 0.6 is 0 Å². The molecule has 7 nitrogen and oxygen atoms in total. The van der Waals surface area contributed by atoms with Gasteiger partial charge in [-0.15, -0.1) is 0 Å². The molecule has 0 aromatic heterocycles. The number of hydrogen-bond acceptors (Lipinski definition) is 5. The van der Waals surface area contributed by atoms with Crippen LogP contribution in [0, 0.1) is 0 Å². The van der Waals surface area contributed by atoms with E-state index in [9.17, 15) is 14.4 Å². The van der Waals surface area contributed by atoms with Gasteiger partial charge < -0.3 is 14.4 Å². The Morgan fingerprint density at radius 2 is 1.60 bits per heavy atom. The lowest BCUT2D eigenvalue weighted by Gasteiger charge is -2.38. The molecular weight excluding hydrogens is 384 g/mol. The van der Waals surface area contributed by atoms with Crippen molar-refractivity contribution in [3.8, 4) is 11.5 Å². The molecule has 156 valence electrons. The molecule has 2 aliphatic heterocycles. The lowest BCUT2D eigenvalue weighted by molar-refractivity contribution is -0.137. The van der Waals surface area contributed by atoms with Crippen molar-refractivity contribution < 1.29 is 23.9 Å². The average Bonchev–Trinajstić information content (AvgIpc) is 3.02. The van der Waals surface area contributed by atoms with E-state index < -0.39 is 17.9 Å². The number of fused-ring (bicyclic) bond motifs is 2. The number of imide groups is 1. The maximum Gasteiger partial charge on any atom is 0.262 e. The monoisotopic (exact) mass is 408 g/mol. The lowest BCUT2D eigenvalue weighted by Crippen LogP contribution is -2.51. The molecule has 0 spiro atoms. The van der Waals surface area contributed by atoms with Crippen molar-refractivity contribution >= 4 is 17.7 Å². The molecule has 30 heavy (non-hydrogen) atoms. The normalized spacial score (nSPS) is 18.7. The van der Waals surface area contributed by atoms with E-state index in [1.807, 2.05) is 19.1 Å². The highest BCUT2D eigenvalue weighted by Crippen LogP contribution is 2.38. The first-order chi connectivity index (χ1) is 14.4. The van der Waals surface area contributed by atoms with Crippen LogP contribution < -0.4 is 9.47 Å². The van der Waals surface area contributed by atoms with Crippen LogP contribution in [0.1, 0.15) is 51.7 Å². The second kappa shape index (κ2) is 7.48. The summed E-state index contributed by atoms with van der Waals surface area (Å²) in [6, 6.07) is 9.39. The van der Waals surface area contributed by atoms with Crippen molar-refractivity contribution in [2.75, 3.05) is 20.8 Å². The van der Waals surface area contributed by atoms with Gasteiger partial charge in [0.25, 0.3) is 11.8 Å². The van der Waals surface area contributed by atoms with E-state index in [0.29, 0.717) is 35.6 Å². The van der Waals surface area contributed by atoms with Gasteiger partial charge in [0.2, 0.25) is 5.91 Å². The number of methoxy groups -OCH3 is 2. The van der Waals surface area contributed by atoms with Gasteiger partial charge in [0.1, 0.15) is 6.04 Å². The average molecular weight is 408 g/mol. The highest BCUT2D eigenvalue weighted by Gasteiger charge is 2.43. The summed E-state index contributed by atoms with van der Waals surface area (Å²) in [5, 5.41) is 0. The summed E-state index contributed by atoms with van der Waals surface area (Å²) in [7, 11) is 3.17. The Bertz CT molecular complexity index is 1010. The number of rotatable bonds is 4. The summed E-state index contributed by atoms with van der Waals surface area (Å²) < 4.78 is 10.8. The molecule has 2 atom stereocenters. The van der Waals surface area contributed by atoms with Gasteiger partial charge in [-0.3, -0.25) is 19.3 Å². The molecule has 3 amide bonds. The number of benzene rings is 2. The minimum atomic E-state index is -0.887. The molecule has 0 saturated carbocycles. The lowest BCUT2D eigenvalue weighted by atomic mass is 9.92. The van der Waals surface area contributed by atoms with E-state index in [4.69, 9.17) is 9.47 Å². The number of carbonyl (C=O) groups is 3. The minimum absolute atomic E-state index is 0.223. The quantitative estimate of drug-likeness (QED) is 0.727. The van der Waals surface area contributed by atoms with Crippen molar-refractivity contribution in [3.05, 3.63) is 58.7 Å². The van der Waals surface area contributed by atoms with Crippen LogP contribution in [0.5, 0.6) is 11.5 Å². The summed E-state index contributed by atoms with van der Waals surface area (Å²) in [4.78, 5) is 41.7. The van der Waals surface area contributed by atoms with E-state index in [0.717, 1.165) is 16.0 Å². The molecule has 0 radical (unpaired) electrons. The molecule has 0 saturated heterocycles. The van der Waals surface area contributed by atoms with Gasteiger partial charge >= 0.3 is 0 Å². The van der Waals surface area contributed by atoms with Crippen LogP contribution in [0.25, 0.3) is 0 Å². The zero-order valence-corrected chi connectivity index (χ0v) is 17.5. The van der Waals surface area contributed by atoms with Gasteiger partial charge in [-0.1, -0.05) is 12.1 Å². The Labute approximate surface area is 175 Å². The largest absolute Gasteiger partial charge is 0.493 e. The third-order valence-electron chi connectivity index (χ3n) is 6.04. The molecule has 0 bridgehead atoms. The van der Waals surface area contributed by atoms with Crippen LogP contribution in [-0.2, 0) is 11.2 Å². The second-order valence-corrected chi connectivity index (χ2v) is 7.57. The zero-order valence-electron chi connectivity index (χ0n) is 17.5. The maximum absolute atomic E-state index is 13.3. The van der Waals surface area contributed by atoms with Crippen molar-refractivity contribution in [3.63, 3.8) is 0 Å². The van der Waals surface area contributed by atoms with Gasteiger partial charge in [0.15, 0.2) is 11.5 Å². The van der Waals surface area contributed by atoms with Crippen LogP contribution in [0.2, 0.25) is 0 Å². The van der Waals surface area contributed by atoms with E-state index in [1.165, 1.54) is 0 Å². The van der Waals surface area contributed by atoms with Crippen LogP contribution in [0.4, 0.5) is 0 Å². The summed E-state index contributed by atoms with van der Waals surface area (Å²) in [5.74, 6) is 0.159. The molecule has 0 aliphatic carbocycles. The predicted octanol–water partition coefficient (Wildman–Crippen LogP) is 2.83. The van der Waals surface area contributed by atoms with Crippen LogP contribution in [0.15, 0.2) is 36.4 Å². The van der Waals surface area contributed by atoms with Crippen LogP contribution in [-0.4, -0.2) is 54.3 Å². The molecule has 1 unspecified atom stereocenters. The minimum Gasteiger partial charge on any atom is -0.493 e. The molecule has 2 aliphatic rings. The number of carbonyl (C=O) groups excluding carboxylic acids is 3. The van der Waals surface area contributed by atoms with Gasteiger partial charge in [0, 0.05) is 6.54 Å². The number of amides is 3. The Morgan fingerprint density at radius 1 is 1.03 bits per heavy atom. The molecule has 0 N–H and O–H groups in total. The number of nitrogens with zero attached hydrogens (tertiary/aromatic N) is 2. The molecule has 7 heteroatoms. The smallest absolute Gasteiger partial charge is 0.262 e. The Kier molecular flexibility index (Phi) is 4.97. The third-order valence-corrected chi connectivity index (χ3v) is 6.04. The van der Waals surface area contributed by atoms with E-state index >= 15 is 0 Å². The summed E-state index contributed by atoms with van der Waals surface area (Å²) >= 11 is 0. The Morgan fingerprint density at radius 3 is 2.17 bits per heavy atom. The highest BCUT2D eigenvalue weighted by molar-refractivity contribution is 6.22. The fourth-order valence-corrected chi connectivity index (χ4v) is 4.36. The molecule has 2 aromatic carbocycles. The van der Waals surface area contributed by atoms with E-state index in [2.05, 4.69) is 0 Å². The molecule has 4 rings (SSSR count). The Balaban J connectivity index is 1.61. The van der Waals surface area contributed by atoms with E-state index in [-0.39, 0.29) is 11.9 Å². The summed E-state index contributed by atoms with van der Waals surface area (Å²) in [6.07, 6.45) is 0.653. The SMILES string of the molecule is COc1cc2c(cc1OC)C(C)N(C(=O)[C@H](C)N1C(=O)c3ccccc3C1=O)CC2. The molecule has 2 heterocycles. The number of hydrogen-bond donors (Lipinski definition) is 0. The van der Waals surface area contributed by atoms with Crippen molar-refractivity contribution in [1.29, 1.82) is 0 Å². The number of ether oxygens (including phenoxy) is 2. The fourth-order valence-electron chi connectivity index (χ4n) is 4.36. The van der Waals surface area contributed by atoms with Gasteiger partial charge in [-0.2, -0.15) is 0 Å². The Hall–Kier alpha value is -3.35. The summed E-state index contributed by atoms with van der Waals surface area (Å²) in [6.45, 7) is 4.05. The second-order valence-electron chi connectivity index (χ2n) is 7.57. The fraction of sp³-hybridized carbons (Fsp3) is 0.348. The first-order valence-corrected chi connectivity index (χ1v) is 9.91. The first-order valence-electron chi connectivity index (χ1n) is 9.91.